The molecular weight excluding hydrogens is 375 g/mol. The normalized spacial score (nSPS) is 11.3. The molecule has 1 aromatic heterocycles. The lowest BCUT2D eigenvalue weighted by molar-refractivity contribution is 0.0607. The molecule has 0 saturated heterocycles. The second kappa shape index (κ2) is 7.01. The Labute approximate surface area is 154 Å². The van der Waals surface area contributed by atoms with Gasteiger partial charge < -0.3 is 4.74 Å². The summed E-state index contributed by atoms with van der Waals surface area (Å²) in [7, 11) is -2.40. The van der Waals surface area contributed by atoms with Crippen LogP contribution in [-0.4, -0.2) is 27.8 Å². The number of thiophene rings is 1. The van der Waals surface area contributed by atoms with Crippen LogP contribution in [-0.2, 0) is 14.6 Å². The molecule has 0 aliphatic heterocycles. The first-order valence-electron chi connectivity index (χ1n) is 7.58. The summed E-state index contributed by atoms with van der Waals surface area (Å²) in [5, 5.41) is 1.80. The summed E-state index contributed by atoms with van der Waals surface area (Å²) < 4.78 is 42.5. The molecule has 0 aliphatic rings. The molecule has 0 N–H and O–H groups in total. The zero-order valence-corrected chi connectivity index (χ0v) is 15.7. The quantitative estimate of drug-likeness (QED) is 0.619. The van der Waals surface area contributed by atoms with E-state index in [1.807, 2.05) is 30.3 Å². The van der Waals surface area contributed by atoms with E-state index in [9.17, 15) is 17.6 Å². The molecular formula is C19H15FO4S2. The van der Waals surface area contributed by atoms with Crippen LogP contribution in [0.2, 0.25) is 0 Å². The molecule has 0 unspecified atom stereocenters. The minimum absolute atomic E-state index is 0.331. The van der Waals surface area contributed by atoms with Crippen LogP contribution >= 0.6 is 11.3 Å². The maximum absolute atomic E-state index is 14.4. The average molecular weight is 390 g/mol. The third-order valence-corrected chi connectivity index (χ3v) is 5.96. The van der Waals surface area contributed by atoms with E-state index in [2.05, 4.69) is 0 Å². The largest absolute Gasteiger partial charge is 0.465 e. The standard InChI is InChI=1S/C19H15FO4S2/c1-24-19(21)18-17(14(11-25-18)12-6-4-3-5-7-12)13-8-9-16(15(20)10-13)26(2,22)23/h3-11H,1-2H3. The Morgan fingerprint density at radius 1 is 1.08 bits per heavy atom. The van der Waals surface area contributed by atoms with Crippen LogP contribution < -0.4 is 0 Å². The number of carbonyl (C=O) groups is 1. The fourth-order valence-corrected chi connectivity index (χ4v) is 4.42. The summed E-state index contributed by atoms with van der Waals surface area (Å²) in [6.45, 7) is 0. The number of ether oxygens (including phenoxy) is 1. The highest BCUT2D eigenvalue weighted by Gasteiger charge is 2.23. The first-order chi connectivity index (χ1) is 12.3. The predicted octanol–water partition coefficient (Wildman–Crippen LogP) is 4.41. The Kier molecular flexibility index (Phi) is 4.93. The molecule has 4 nitrogen and oxygen atoms in total. The highest BCUT2D eigenvalue weighted by Crippen LogP contribution is 2.40. The number of methoxy groups -OCH3 is 1. The molecule has 26 heavy (non-hydrogen) atoms. The van der Waals surface area contributed by atoms with E-state index in [0.717, 1.165) is 23.4 Å². The van der Waals surface area contributed by atoms with Gasteiger partial charge in [-0.1, -0.05) is 36.4 Å². The number of rotatable bonds is 4. The van der Waals surface area contributed by atoms with Gasteiger partial charge in [-0.15, -0.1) is 11.3 Å². The van der Waals surface area contributed by atoms with Gasteiger partial charge in [0.05, 0.1) is 7.11 Å². The van der Waals surface area contributed by atoms with Gasteiger partial charge in [-0.3, -0.25) is 0 Å². The molecule has 134 valence electrons. The van der Waals surface area contributed by atoms with E-state index in [1.54, 1.807) is 5.38 Å². The topological polar surface area (TPSA) is 60.4 Å². The SMILES string of the molecule is COC(=O)c1scc(-c2ccccc2)c1-c1ccc(S(C)(=O)=O)c(F)c1. The van der Waals surface area contributed by atoms with Crippen molar-refractivity contribution in [3.05, 3.63) is 64.6 Å². The van der Waals surface area contributed by atoms with E-state index in [4.69, 9.17) is 4.74 Å². The number of halogens is 1. The maximum Gasteiger partial charge on any atom is 0.348 e. The molecule has 1 heterocycles. The second-order valence-corrected chi connectivity index (χ2v) is 8.49. The van der Waals surface area contributed by atoms with Crippen molar-refractivity contribution >= 4 is 27.1 Å². The van der Waals surface area contributed by atoms with Crippen molar-refractivity contribution in [1.29, 1.82) is 0 Å². The van der Waals surface area contributed by atoms with Crippen LogP contribution in [0.1, 0.15) is 9.67 Å². The van der Waals surface area contributed by atoms with Crippen molar-refractivity contribution in [1.82, 2.24) is 0 Å². The van der Waals surface area contributed by atoms with E-state index >= 15 is 0 Å². The molecule has 3 rings (SSSR count). The predicted molar refractivity (Wildman–Crippen MR) is 99.6 cm³/mol. The summed E-state index contributed by atoms with van der Waals surface area (Å²) in [5.74, 6) is -1.38. The third kappa shape index (κ3) is 3.40. The lowest BCUT2D eigenvalue weighted by Crippen LogP contribution is -2.03. The minimum Gasteiger partial charge on any atom is -0.465 e. The van der Waals surface area contributed by atoms with Crippen molar-refractivity contribution in [2.45, 2.75) is 4.90 Å². The zero-order valence-electron chi connectivity index (χ0n) is 14.0. The molecule has 0 radical (unpaired) electrons. The van der Waals surface area contributed by atoms with Gasteiger partial charge in [0.1, 0.15) is 15.6 Å². The smallest absolute Gasteiger partial charge is 0.348 e. The van der Waals surface area contributed by atoms with Gasteiger partial charge in [0, 0.05) is 22.8 Å². The molecule has 0 amide bonds. The van der Waals surface area contributed by atoms with Gasteiger partial charge in [0.25, 0.3) is 0 Å². The number of hydrogen-bond acceptors (Lipinski definition) is 5. The molecule has 0 atom stereocenters. The molecule has 0 bridgehead atoms. The lowest BCUT2D eigenvalue weighted by Gasteiger charge is -2.09. The maximum atomic E-state index is 14.4. The van der Waals surface area contributed by atoms with Gasteiger partial charge >= 0.3 is 5.97 Å². The van der Waals surface area contributed by atoms with Crippen LogP contribution in [0.3, 0.4) is 0 Å². The summed E-state index contributed by atoms with van der Waals surface area (Å²) in [4.78, 5) is 12.1. The van der Waals surface area contributed by atoms with Crippen LogP contribution in [0.4, 0.5) is 4.39 Å². The Bertz CT molecular complexity index is 1070. The average Bonchev–Trinajstić information content (AvgIpc) is 3.05. The first kappa shape index (κ1) is 18.3. The molecule has 0 fully saturated rings. The van der Waals surface area contributed by atoms with Crippen LogP contribution in [0.5, 0.6) is 0 Å². The molecule has 3 aromatic rings. The van der Waals surface area contributed by atoms with Crippen molar-refractivity contribution in [3.63, 3.8) is 0 Å². The third-order valence-electron chi connectivity index (χ3n) is 3.87. The van der Waals surface area contributed by atoms with Crippen molar-refractivity contribution in [2.75, 3.05) is 13.4 Å². The Balaban J connectivity index is 2.25. The van der Waals surface area contributed by atoms with Crippen molar-refractivity contribution < 1.29 is 22.3 Å². The van der Waals surface area contributed by atoms with E-state index in [0.29, 0.717) is 16.0 Å². The second-order valence-electron chi connectivity index (χ2n) is 5.63. The highest BCUT2D eigenvalue weighted by atomic mass is 32.2. The summed E-state index contributed by atoms with van der Waals surface area (Å²) >= 11 is 1.20. The van der Waals surface area contributed by atoms with Crippen molar-refractivity contribution in [2.24, 2.45) is 0 Å². The first-order valence-corrected chi connectivity index (χ1v) is 10.3. The summed E-state index contributed by atoms with van der Waals surface area (Å²) in [6, 6.07) is 13.2. The monoisotopic (exact) mass is 390 g/mol. The van der Waals surface area contributed by atoms with Gasteiger partial charge in [-0.2, -0.15) is 0 Å². The lowest BCUT2D eigenvalue weighted by atomic mass is 9.97. The molecule has 7 heteroatoms. The van der Waals surface area contributed by atoms with Gasteiger partial charge in [0.2, 0.25) is 0 Å². The molecule has 0 spiro atoms. The van der Waals surface area contributed by atoms with Gasteiger partial charge in [-0.25, -0.2) is 17.6 Å². The molecule has 0 aliphatic carbocycles. The number of hydrogen-bond donors (Lipinski definition) is 0. The highest BCUT2D eigenvalue weighted by molar-refractivity contribution is 7.90. The van der Waals surface area contributed by atoms with E-state index < -0.39 is 21.6 Å². The molecule has 0 saturated carbocycles. The van der Waals surface area contributed by atoms with Crippen LogP contribution in [0.25, 0.3) is 22.3 Å². The fourth-order valence-electron chi connectivity index (χ4n) is 2.67. The van der Waals surface area contributed by atoms with Gasteiger partial charge in [-0.05, 0) is 23.3 Å². The Hall–Kier alpha value is -2.51. The van der Waals surface area contributed by atoms with E-state index in [1.165, 1.54) is 30.6 Å². The van der Waals surface area contributed by atoms with E-state index in [-0.39, 0.29) is 4.90 Å². The Morgan fingerprint density at radius 2 is 1.77 bits per heavy atom. The number of benzene rings is 2. The zero-order chi connectivity index (χ0) is 18.9. The summed E-state index contributed by atoms with van der Waals surface area (Å²) in [5.41, 5.74) is 2.55. The fraction of sp³-hybridized carbons (Fsp3) is 0.105. The van der Waals surface area contributed by atoms with Gasteiger partial charge in [0.15, 0.2) is 9.84 Å². The number of carbonyl (C=O) groups excluding carboxylic acids is 1. The number of sulfone groups is 1. The molecule has 2 aromatic carbocycles. The van der Waals surface area contributed by atoms with Crippen LogP contribution in [0, 0.1) is 5.82 Å². The van der Waals surface area contributed by atoms with Crippen LogP contribution in [0.15, 0.2) is 58.8 Å². The Morgan fingerprint density at radius 3 is 2.35 bits per heavy atom. The number of esters is 1. The minimum atomic E-state index is -3.68. The van der Waals surface area contributed by atoms with Crippen molar-refractivity contribution in [3.8, 4) is 22.3 Å². The summed E-state index contributed by atoms with van der Waals surface area (Å²) in [6.07, 6.45) is 0.949.